The van der Waals surface area contributed by atoms with Crippen LogP contribution in [-0.4, -0.2) is 62.4 Å². The molecule has 7 nitrogen and oxygen atoms in total. The minimum atomic E-state index is -1.12. The van der Waals surface area contributed by atoms with E-state index in [0.29, 0.717) is 19.3 Å². The normalized spacial score (nSPS) is 16.5. The van der Waals surface area contributed by atoms with E-state index >= 15 is 0 Å². The number of quaternary nitrogens is 1. The summed E-state index contributed by atoms with van der Waals surface area (Å²) in [5.74, 6) is -3.37. The number of hydrogen-bond donors (Lipinski definition) is 3. The van der Waals surface area contributed by atoms with Crippen LogP contribution in [0.15, 0.2) is 12.2 Å². The molecule has 0 aliphatic rings. The van der Waals surface area contributed by atoms with Crippen molar-refractivity contribution < 1.29 is 34.2 Å². The maximum absolute atomic E-state index is 12.4. The Hall–Kier alpha value is -1.89. The number of aliphatic carboxylic acids is 3. The van der Waals surface area contributed by atoms with Crippen molar-refractivity contribution in [2.75, 3.05) is 6.54 Å². The molecule has 3 N–H and O–H groups in total. The molecule has 0 aromatic rings. The second-order valence-electron chi connectivity index (χ2n) is 8.43. The summed E-state index contributed by atoms with van der Waals surface area (Å²) in [4.78, 5) is 37.1. The van der Waals surface area contributed by atoms with Crippen LogP contribution < -0.4 is 0 Å². The molecule has 0 rings (SSSR count). The molecule has 0 fully saturated rings. The fourth-order valence-corrected chi connectivity index (χ4v) is 4.63. The molecule has 0 saturated heterocycles. The van der Waals surface area contributed by atoms with Gasteiger partial charge in [0, 0.05) is 19.3 Å². The fourth-order valence-electron chi connectivity index (χ4n) is 4.63. The van der Waals surface area contributed by atoms with E-state index in [1.54, 1.807) is 0 Å². The third-order valence-corrected chi connectivity index (χ3v) is 6.09. The van der Waals surface area contributed by atoms with E-state index in [1.807, 2.05) is 32.9 Å². The van der Waals surface area contributed by atoms with Gasteiger partial charge in [0.15, 0.2) is 18.1 Å². The molecule has 3 unspecified atom stereocenters. The third kappa shape index (κ3) is 8.63. The summed E-state index contributed by atoms with van der Waals surface area (Å²) in [6.07, 6.45) is 11.3. The maximum atomic E-state index is 12.4. The highest BCUT2D eigenvalue weighted by Crippen LogP contribution is 2.33. The highest BCUT2D eigenvalue weighted by molar-refractivity contribution is 5.78. The number of carboxylic acids is 3. The van der Waals surface area contributed by atoms with Gasteiger partial charge in [-0.25, -0.2) is 14.4 Å². The zero-order chi connectivity index (χ0) is 23.9. The van der Waals surface area contributed by atoms with E-state index in [1.165, 1.54) is 0 Å². The zero-order valence-corrected chi connectivity index (χ0v) is 19.9. The summed E-state index contributed by atoms with van der Waals surface area (Å²) < 4.78 is -0.457. The number of hydrogen-bond acceptors (Lipinski definition) is 3. The molecule has 31 heavy (non-hydrogen) atoms. The summed E-state index contributed by atoms with van der Waals surface area (Å²) >= 11 is 0. The van der Waals surface area contributed by atoms with E-state index in [2.05, 4.69) is 6.92 Å². The average Bonchev–Trinajstić information content (AvgIpc) is 2.71. The quantitative estimate of drug-likeness (QED) is 0.146. The molecular weight excluding hydrogens is 398 g/mol. The lowest BCUT2D eigenvalue weighted by atomic mass is 9.92. The Balaban J connectivity index is 6.45. The van der Waals surface area contributed by atoms with Crippen LogP contribution in [0, 0.1) is 0 Å². The summed E-state index contributed by atoms with van der Waals surface area (Å²) in [5, 5.41) is 30.3. The van der Waals surface area contributed by atoms with E-state index in [9.17, 15) is 29.7 Å². The van der Waals surface area contributed by atoms with Gasteiger partial charge in [-0.2, -0.15) is 0 Å². The van der Waals surface area contributed by atoms with Crippen molar-refractivity contribution >= 4 is 17.9 Å². The van der Waals surface area contributed by atoms with Crippen LogP contribution in [0.25, 0.3) is 0 Å². The van der Waals surface area contributed by atoms with Gasteiger partial charge >= 0.3 is 17.9 Å². The molecule has 0 aliphatic carbocycles. The van der Waals surface area contributed by atoms with Crippen molar-refractivity contribution in [2.24, 2.45) is 0 Å². The number of nitrogens with zero attached hydrogens (tertiary/aromatic N) is 1. The van der Waals surface area contributed by atoms with Gasteiger partial charge < -0.3 is 15.3 Å². The van der Waals surface area contributed by atoms with Gasteiger partial charge in [-0.1, -0.05) is 53.0 Å². The Kier molecular flexibility index (Phi) is 14.9. The van der Waals surface area contributed by atoms with Gasteiger partial charge in [0.05, 0.1) is 6.54 Å². The molecule has 0 aromatic carbocycles. The number of carboxylic acid groups (broad SMARTS) is 3. The number of carbonyl (C=O) groups is 3. The lowest BCUT2D eigenvalue weighted by Crippen LogP contribution is -2.72. The van der Waals surface area contributed by atoms with Gasteiger partial charge in [0.2, 0.25) is 0 Å². The van der Waals surface area contributed by atoms with Crippen molar-refractivity contribution in [2.45, 2.75) is 116 Å². The topological polar surface area (TPSA) is 112 Å². The first-order valence-corrected chi connectivity index (χ1v) is 11.9. The first-order valence-electron chi connectivity index (χ1n) is 11.9. The molecule has 0 bridgehead atoms. The van der Waals surface area contributed by atoms with Crippen molar-refractivity contribution in [1.29, 1.82) is 0 Å². The summed E-state index contributed by atoms with van der Waals surface area (Å²) in [5.41, 5.74) is 0. The molecule has 0 heterocycles. The standard InChI is InChI=1S/C24H43NO6/c1-5-9-10-11-12-13-14-18-25(19(15-6-2)22(26)27,20(16-7-3)23(28)29)21(17-8-4)24(30)31/h13-14,19-21H,5-12,15-18H2,1-4H3,(H2-,26,27,28,29,30,31)/p+1/b14-13+. The first-order chi connectivity index (χ1) is 14.7. The molecule has 0 spiro atoms. The molecule has 7 heteroatoms. The Morgan fingerprint density at radius 2 is 1.06 bits per heavy atom. The Morgan fingerprint density at radius 1 is 0.645 bits per heavy atom. The average molecular weight is 443 g/mol. The Labute approximate surface area is 187 Å². The molecule has 3 atom stereocenters. The minimum absolute atomic E-state index is 0.0959. The fraction of sp³-hybridized carbons (Fsp3) is 0.792. The second kappa shape index (κ2) is 15.8. The first kappa shape index (κ1) is 29.1. The third-order valence-electron chi connectivity index (χ3n) is 6.09. The van der Waals surface area contributed by atoms with E-state index in [4.69, 9.17) is 0 Å². The predicted octanol–water partition coefficient (Wildman–Crippen LogP) is 5.09. The highest BCUT2D eigenvalue weighted by atomic mass is 16.4. The molecule has 0 amide bonds. The highest BCUT2D eigenvalue weighted by Gasteiger charge is 2.56. The summed E-state index contributed by atoms with van der Waals surface area (Å²) in [6, 6.07) is -3.26. The SMILES string of the molecule is CCCCCC/C=C/C[N+](C(CCC)C(=O)O)(C(CCC)C(=O)O)C(CCC)C(=O)O. The Bertz CT molecular complexity index is 515. The van der Waals surface area contributed by atoms with Crippen molar-refractivity contribution in [3.63, 3.8) is 0 Å². The monoisotopic (exact) mass is 442 g/mol. The van der Waals surface area contributed by atoms with Gasteiger partial charge in [-0.3, -0.25) is 4.48 Å². The number of allylic oxidation sites excluding steroid dienone is 1. The van der Waals surface area contributed by atoms with Crippen LogP contribution in [0.2, 0.25) is 0 Å². The second-order valence-corrected chi connectivity index (χ2v) is 8.43. The zero-order valence-electron chi connectivity index (χ0n) is 19.9. The number of rotatable bonds is 19. The van der Waals surface area contributed by atoms with Crippen molar-refractivity contribution in [3.8, 4) is 0 Å². The number of unbranched alkanes of at least 4 members (excludes halogenated alkanes) is 4. The van der Waals surface area contributed by atoms with E-state index in [0.717, 1.165) is 32.1 Å². The predicted molar refractivity (Wildman–Crippen MR) is 122 cm³/mol. The van der Waals surface area contributed by atoms with E-state index < -0.39 is 40.5 Å². The van der Waals surface area contributed by atoms with Gasteiger partial charge in [-0.15, -0.1) is 0 Å². The molecule has 0 radical (unpaired) electrons. The van der Waals surface area contributed by atoms with Crippen LogP contribution >= 0.6 is 0 Å². The van der Waals surface area contributed by atoms with Crippen LogP contribution in [0.5, 0.6) is 0 Å². The van der Waals surface area contributed by atoms with Crippen molar-refractivity contribution in [1.82, 2.24) is 0 Å². The lowest BCUT2D eigenvalue weighted by Gasteiger charge is -2.49. The molecule has 0 aliphatic heterocycles. The van der Waals surface area contributed by atoms with Crippen LogP contribution in [0.3, 0.4) is 0 Å². The van der Waals surface area contributed by atoms with Crippen LogP contribution in [0.4, 0.5) is 0 Å². The minimum Gasteiger partial charge on any atom is -0.477 e. The van der Waals surface area contributed by atoms with Crippen LogP contribution in [-0.2, 0) is 14.4 Å². The maximum Gasteiger partial charge on any atom is 0.362 e. The van der Waals surface area contributed by atoms with Gasteiger partial charge in [0.1, 0.15) is 0 Å². The Morgan fingerprint density at radius 3 is 1.39 bits per heavy atom. The molecule has 0 aromatic heterocycles. The molecule has 180 valence electrons. The molecule has 0 saturated carbocycles. The van der Waals surface area contributed by atoms with Gasteiger partial charge in [-0.05, 0) is 38.2 Å². The van der Waals surface area contributed by atoms with Crippen molar-refractivity contribution in [3.05, 3.63) is 12.2 Å². The van der Waals surface area contributed by atoms with E-state index in [-0.39, 0.29) is 25.8 Å². The largest absolute Gasteiger partial charge is 0.477 e. The van der Waals surface area contributed by atoms with Gasteiger partial charge in [0.25, 0.3) is 0 Å². The lowest BCUT2D eigenvalue weighted by molar-refractivity contribution is -0.968. The summed E-state index contributed by atoms with van der Waals surface area (Å²) in [7, 11) is 0. The molecular formula is C24H44NO6+. The van der Waals surface area contributed by atoms with Crippen LogP contribution in [0.1, 0.15) is 98.3 Å². The smallest absolute Gasteiger partial charge is 0.362 e. The summed E-state index contributed by atoms with van der Waals surface area (Å²) in [6.45, 7) is 7.78.